The monoisotopic (exact) mass is 368 g/mol. The van der Waals surface area contributed by atoms with Gasteiger partial charge in [0.05, 0.1) is 6.04 Å². The zero-order valence-corrected chi connectivity index (χ0v) is 16.7. The van der Waals surface area contributed by atoms with Crippen LogP contribution in [0.3, 0.4) is 0 Å². The second-order valence-electron chi connectivity index (χ2n) is 8.37. The molecule has 0 saturated carbocycles. The highest BCUT2D eigenvalue weighted by atomic mass is 16.4. The van der Waals surface area contributed by atoms with Gasteiger partial charge in [0, 0.05) is 37.5 Å². The Hall–Kier alpha value is -2.21. The molecule has 2 fully saturated rings. The fourth-order valence-electron chi connectivity index (χ4n) is 4.37. The molecule has 2 saturated heterocycles. The Bertz CT molecular complexity index is 854. The summed E-state index contributed by atoms with van der Waals surface area (Å²) < 4.78 is 6.03. The van der Waals surface area contributed by atoms with Gasteiger partial charge in [-0.2, -0.15) is 0 Å². The molecule has 27 heavy (non-hydrogen) atoms. The maximum absolute atomic E-state index is 11.6. The van der Waals surface area contributed by atoms with Crippen LogP contribution in [0.5, 0.6) is 0 Å². The number of piperidine rings is 1. The van der Waals surface area contributed by atoms with E-state index in [-0.39, 0.29) is 17.4 Å². The number of nitrogens with zero attached hydrogens (tertiary/aromatic N) is 4. The van der Waals surface area contributed by atoms with Crippen molar-refractivity contribution in [3.8, 4) is 11.5 Å². The number of carbonyl (C=O) groups is 1. The van der Waals surface area contributed by atoms with Crippen LogP contribution in [0.2, 0.25) is 0 Å². The summed E-state index contributed by atoms with van der Waals surface area (Å²) in [5.74, 6) is 1.43. The number of aryl methyl sites for hydroxylation is 2. The van der Waals surface area contributed by atoms with Crippen LogP contribution in [0.1, 0.15) is 49.7 Å². The molecule has 1 atom stereocenters. The first kappa shape index (κ1) is 18.2. The Morgan fingerprint density at radius 3 is 2.67 bits per heavy atom. The summed E-state index contributed by atoms with van der Waals surface area (Å²) in [6.45, 7) is 11.8. The van der Waals surface area contributed by atoms with Crippen LogP contribution in [0, 0.1) is 19.3 Å². The number of rotatable bonds is 3. The normalized spacial score (nSPS) is 20.5. The fourth-order valence-corrected chi connectivity index (χ4v) is 4.37. The van der Waals surface area contributed by atoms with Crippen LogP contribution < -0.4 is 0 Å². The van der Waals surface area contributed by atoms with Gasteiger partial charge in [0.25, 0.3) is 0 Å². The van der Waals surface area contributed by atoms with Gasteiger partial charge in [0.2, 0.25) is 17.7 Å². The first-order valence-electron chi connectivity index (χ1n) is 9.77. The number of benzene rings is 1. The molecule has 0 bridgehead atoms. The van der Waals surface area contributed by atoms with Crippen LogP contribution >= 0.6 is 0 Å². The van der Waals surface area contributed by atoms with Crippen LogP contribution in [-0.2, 0) is 4.79 Å². The van der Waals surface area contributed by atoms with Gasteiger partial charge in [0.15, 0.2) is 0 Å². The molecular weight excluding hydrogens is 340 g/mol. The number of aromatic nitrogens is 2. The molecule has 2 aromatic rings. The first-order valence-corrected chi connectivity index (χ1v) is 9.77. The van der Waals surface area contributed by atoms with E-state index in [1.54, 1.807) is 6.92 Å². The number of amides is 1. The molecule has 2 aliphatic rings. The topological polar surface area (TPSA) is 62.5 Å². The second-order valence-corrected chi connectivity index (χ2v) is 8.37. The Balaban J connectivity index is 1.47. The third-order valence-corrected chi connectivity index (χ3v) is 6.29. The Morgan fingerprint density at radius 2 is 1.96 bits per heavy atom. The lowest BCUT2D eigenvalue weighted by Gasteiger charge is -2.55. The fraction of sp³-hybridized carbons (Fsp3) is 0.571. The van der Waals surface area contributed by atoms with Crippen molar-refractivity contribution in [1.29, 1.82) is 0 Å². The molecule has 1 spiro atoms. The van der Waals surface area contributed by atoms with Crippen LogP contribution in [0.25, 0.3) is 11.5 Å². The summed E-state index contributed by atoms with van der Waals surface area (Å²) in [6.07, 6.45) is 2.34. The van der Waals surface area contributed by atoms with E-state index in [0.717, 1.165) is 38.2 Å². The van der Waals surface area contributed by atoms with Gasteiger partial charge in [-0.1, -0.05) is 6.07 Å². The third kappa shape index (κ3) is 3.38. The van der Waals surface area contributed by atoms with Crippen molar-refractivity contribution in [2.45, 2.75) is 46.6 Å². The number of hydrogen-bond acceptors (Lipinski definition) is 5. The molecule has 1 aromatic carbocycles. The average molecular weight is 368 g/mol. The van der Waals surface area contributed by atoms with E-state index in [9.17, 15) is 4.79 Å². The van der Waals surface area contributed by atoms with Gasteiger partial charge in [0.1, 0.15) is 0 Å². The second kappa shape index (κ2) is 6.75. The molecule has 144 valence electrons. The van der Waals surface area contributed by atoms with E-state index in [0.29, 0.717) is 11.8 Å². The lowest BCUT2D eigenvalue weighted by molar-refractivity contribution is -0.145. The zero-order chi connectivity index (χ0) is 19.2. The molecule has 1 aromatic heterocycles. The Labute approximate surface area is 160 Å². The van der Waals surface area contributed by atoms with E-state index in [1.165, 1.54) is 17.5 Å². The molecule has 1 amide bonds. The standard InChI is InChI=1S/C21H28N4O2/c1-14-6-7-18(10-15(14)2)20-23-22-19(27-20)16(3)24-9-5-8-21(11-24)12-25(13-21)17(4)26/h6-7,10,16H,5,8-9,11-13H2,1-4H3. The summed E-state index contributed by atoms with van der Waals surface area (Å²) in [4.78, 5) is 15.9. The summed E-state index contributed by atoms with van der Waals surface area (Å²) in [5, 5.41) is 8.61. The largest absolute Gasteiger partial charge is 0.419 e. The minimum absolute atomic E-state index is 0.0846. The number of likely N-dealkylation sites (tertiary alicyclic amines) is 2. The van der Waals surface area contributed by atoms with Crippen LogP contribution in [0.4, 0.5) is 0 Å². The summed E-state index contributed by atoms with van der Waals surface area (Å²) >= 11 is 0. The van der Waals surface area contributed by atoms with Crippen molar-refractivity contribution in [2.75, 3.05) is 26.2 Å². The highest BCUT2D eigenvalue weighted by molar-refractivity contribution is 5.74. The maximum atomic E-state index is 11.6. The zero-order valence-electron chi connectivity index (χ0n) is 16.7. The van der Waals surface area contributed by atoms with Crippen molar-refractivity contribution in [3.63, 3.8) is 0 Å². The van der Waals surface area contributed by atoms with Gasteiger partial charge in [-0.05, 0) is 63.4 Å². The summed E-state index contributed by atoms with van der Waals surface area (Å²) in [7, 11) is 0. The minimum Gasteiger partial charge on any atom is -0.419 e. The van der Waals surface area contributed by atoms with E-state index < -0.39 is 0 Å². The molecule has 0 N–H and O–H groups in total. The van der Waals surface area contributed by atoms with Gasteiger partial charge < -0.3 is 9.32 Å². The van der Waals surface area contributed by atoms with Gasteiger partial charge in [-0.15, -0.1) is 10.2 Å². The van der Waals surface area contributed by atoms with Crippen LogP contribution in [-0.4, -0.2) is 52.1 Å². The molecule has 6 nitrogen and oxygen atoms in total. The van der Waals surface area contributed by atoms with Crippen molar-refractivity contribution >= 4 is 5.91 Å². The predicted molar refractivity (Wildman–Crippen MR) is 103 cm³/mol. The number of hydrogen-bond donors (Lipinski definition) is 0. The summed E-state index contributed by atoms with van der Waals surface area (Å²) in [5.41, 5.74) is 3.69. The highest BCUT2D eigenvalue weighted by Gasteiger charge is 2.47. The third-order valence-electron chi connectivity index (χ3n) is 6.29. The Morgan fingerprint density at radius 1 is 1.19 bits per heavy atom. The van der Waals surface area contributed by atoms with Crippen molar-refractivity contribution < 1.29 is 9.21 Å². The Kier molecular flexibility index (Phi) is 4.54. The predicted octanol–water partition coefficient (Wildman–Crippen LogP) is 3.36. The smallest absolute Gasteiger partial charge is 0.247 e. The molecule has 1 unspecified atom stereocenters. The van der Waals surface area contributed by atoms with Crippen molar-refractivity contribution in [3.05, 3.63) is 35.2 Å². The quantitative estimate of drug-likeness (QED) is 0.831. The molecule has 2 aliphatic heterocycles. The SMILES string of the molecule is CC(=O)N1CC2(CCCN(C(C)c3nnc(-c4ccc(C)c(C)c4)o3)C2)C1. The average Bonchev–Trinajstić information content (AvgIpc) is 3.11. The van der Waals surface area contributed by atoms with Gasteiger partial charge in [-0.3, -0.25) is 9.69 Å². The minimum atomic E-state index is 0.0846. The number of carbonyl (C=O) groups excluding carboxylic acids is 1. The van der Waals surface area contributed by atoms with Crippen LogP contribution in [0.15, 0.2) is 22.6 Å². The first-order chi connectivity index (χ1) is 12.9. The molecule has 4 rings (SSSR count). The molecule has 0 radical (unpaired) electrons. The van der Waals surface area contributed by atoms with Crippen molar-refractivity contribution in [2.24, 2.45) is 5.41 Å². The molecule has 0 aliphatic carbocycles. The van der Waals surface area contributed by atoms with Gasteiger partial charge >= 0.3 is 0 Å². The molecular formula is C21H28N4O2. The van der Waals surface area contributed by atoms with E-state index in [2.05, 4.69) is 48.0 Å². The lowest BCUT2D eigenvalue weighted by Crippen LogP contribution is -2.64. The van der Waals surface area contributed by atoms with E-state index in [1.807, 2.05) is 11.0 Å². The van der Waals surface area contributed by atoms with E-state index in [4.69, 9.17) is 4.42 Å². The van der Waals surface area contributed by atoms with Gasteiger partial charge in [-0.25, -0.2) is 0 Å². The summed E-state index contributed by atoms with van der Waals surface area (Å²) in [6, 6.07) is 6.30. The lowest BCUT2D eigenvalue weighted by atomic mass is 9.73. The maximum Gasteiger partial charge on any atom is 0.247 e. The molecule has 3 heterocycles. The van der Waals surface area contributed by atoms with Crippen molar-refractivity contribution in [1.82, 2.24) is 20.0 Å². The van der Waals surface area contributed by atoms with E-state index >= 15 is 0 Å². The molecule has 6 heteroatoms. The highest BCUT2D eigenvalue weighted by Crippen LogP contribution is 2.41.